The third-order valence-corrected chi connectivity index (χ3v) is 4.06. The van der Waals surface area contributed by atoms with E-state index in [2.05, 4.69) is 17.1 Å². The zero-order valence-corrected chi connectivity index (χ0v) is 14.3. The summed E-state index contributed by atoms with van der Waals surface area (Å²) in [5.74, 6) is -0.108. The molecule has 1 rings (SSSR count). The zero-order valence-electron chi connectivity index (χ0n) is 14.3. The molecule has 2 unspecified atom stereocenters. The predicted octanol–water partition coefficient (Wildman–Crippen LogP) is 0.450. The number of unbranched alkanes of at least 4 members (excludes halogenated alkanes) is 2. The first kappa shape index (κ1) is 19.4. The van der Waals surface area contributed by atoms with E-state index in [1.54, 1.807) is 0 Å². The van der Waals surface area contributed by atoms with Crippen LogP contribution in [-0.2, 0) is 9.53 Å². The van der Waals surface area contributed by atoms with Crippen molar-refractivity contribution in [2.75, 3.05) is 39.3 Å². The van der Waals surface area contributed by atoms with Gasteiger partial charge in [-0.15, -0.1) is 0 Å². The Morgan fingerprint density at radius 2 is 2.18 bits per heavy atom. The van der Waals surface area contributed by atoms with Crippen LogP contribution in [0, 0.1) is 0 Å². The second-order valence-electron chi connectivity index (χ2n) is 6.62. The standard InChI is InChI=1S/C16H34N4O2/c1-3-4-11-22-15(21)14(7-5-6-8-17)20-10-9-19-12-16(2,18)13-20/h14,19H,3-13,17-18H2,1-2H3. The van der Waals surface area contributed by atoms with Crippen molar-refractivity contribution in [3.8, 4) is 0 Å². The molecule has 0 saturated carbocycles. The van der Waals surface area contributed by atoms with Crippen molar-refractivity contribution in [2.45, 2.75) is 57.5 Å². The minimum atomic E-state index is -0.327. The first-order valence-corrected chi connectivity index (χ1v) is 8.60. The van der Waals surface area contributed by atoms with Crippen LogP contribution in [0.2, 0.25) is 0 Å². The van der Waals surface area contributed by atoms with E-state index < -0.39 is 0 Å². The molecule has 0 aliphatic carbocycles. The average molecular weight is 314 g/mol. The van der Waals surface area contributed by atoms with Crippen molar-refractivity contribution in [3.05, 3.63) is 0 Å². The van der Waals surface area contributed by atoms with E-state index in [0.717, 1.165) is 51.7 Å². The summed E-state index contributed by atoms with van der Waals surface area (Å²) < 4.78 is 5.46. The van der Waals surface area contributed by atoms with Gasteiger partial charge in [-0.2, -0.15) is 0 Å². The zero-order chi connectivity index (χ0) is 16.4. The summed E-state index contributed by atoms with van der Waals surface area (Å²) in [4.78, 5) is 14.7. The molecule has 0 aromatic carbocycles. The lowest BCUT2D eigenvalue weighted by molar-refractivity contribution is -0.150. The fraction of sp³-hybridized carbons (Fsp3) is 0.938. The number of hydrogen-bond donors (Lipinski definition) is 3. The molecule has 6 heteroatoms. The number of nitrogens with zero attached hydrogens (tertiary/aromatic N) is 1. The molecule has 0 spiro atoms. The third kappa shape index (κ3) is 7.05. The number of hydrogen-bond acceptors (Lipinski definition) is 6. The second kappa shape index (κ2) is 10.2. The Morgan fingerprint density at radius 3 is 2.86 bits per heavy atom. The molecule has 1 saturated heterocycles. The van der Waals surface area contributed by atoms with Crippen molar-refractivity contribution >= 4 is 5.97 Å². The van der Waals surface area contributed by atoms with Gasteiger partial charge < -0.3 is 21.5 Å². The van der Waals surface area contributed by atoms with Crippen LogP contribution in [0.4, 0.5) is 0 Å². The molecule has 6 nitrogen and oxygen atoms in total. The number of carbonyl (C=O) groups is 1. The normalized spacial score (nSPS) is 24.7. The Kier molecular flexibility index (Phi) is 8.93. The minimum absolute atomic E-state index is 0.108. The summed E-state index contributed by atoms with van der Waals surface area (Å²) in [6, 6.07) is -0.203. The van der Waals surface area contributed by atoms with E-state index in [9.17, 15) is 4.79 Å². The van der Waals surface area contributed by atoms with Gasteiger partial charge >= 0.3 is 5.97 Å². The molecule has 22 heavy (non-hydrogen) atoms. The van der Waals surface area contributed by atoms with E-state index in [4.69, 9.17) is 16.2 Å². The molecular formula is C16H34N4O2. The van der Waals surface area contributed by atoms with Crippen LogP contribution in [0.5, 0.6) is 0 Å². The summed E-state index contributed by atoms with van der Waals surface area (Å²) in [7, 11) is 0. The molecule has 1 fully saturated rings. The lowest BCUT2D eigenvalue weighted by atomic mass is 10.0. The third-order valence-electron chi connectivity index (χ3n) is 4.06. The summed E-state index contributed by atoms with van der Waals surface area (Å²) >= 11 is 0. The number of nitrogens with two attached hydrogens (primary N) is 2. The summed E-state index contributed by atoms with van der Waals surface area (Å²) in [6.45, 7) is 8.43. The van der Waals surface area contributed by atoms with Crippen molar-refractivity contribution in [1.82, 2.24) is 10.2 Å². The smallest absolute Gasteiger partial charge is 0.323 e. The second-order valence-corrected chi connectivity index (χ2v) is 6.62. The van der Waals surface area contributed by atoms with E-state index in [-0.39, 0.29) is 17.6 Å². The topological polar surface area (TPSA) is 93.6 Å². The molecule has 0 aromatic heterocycles. The highest BCUT2D eigenvalue weighted by Crippen LogP contribution is 2.15. The van der Waals surface area contributed by atoms with Gasteiger partial charge in [0.25, 0.3) is 0 Å². The van der Waals surface area contributed by atoms with Crippen LogP contribution in [0.15, 0.2) is 0 Å². The molecule has 130 valence electrons. The lowest BCUT2D eigenvalue weighted by Crippen LogP contribution is -2.54. The Labute approximate surface area is 134 Å². The Bertz CT molecular complexity index is 323. The first-order valence-electron chi connectivity index (χ1n) is 8.60. The average Bonchev–Trinajstić information content (AvgIpc) is 2.64. The maximum absolute atomic E-state index is 12.5. The highest BCUT2D eigenvalue weighted by Gasteiger charge is 2.33. The lowest BCUT2D eigenvalue weighted by Gasteiger charge is -2.33. The predicted molar refractivity (Wildman–Crippen MR) is 89.6 cm³/mol. The van der Waals surface area contributed by atoms with Crippen LogP contribution < -0.4 is 16.8 Å². The van der Waals surface area contributed by atoms with Gasteiger partial charge in [0.1, 0.15) is 6.04 Å². The van der Waals surface area contributed by atoms with Gasteiger partial charge in [-0.05, 0) is 32.7 Å². The number of rotatable bonds is 9. The van der Waals surface area contributed by atoms with Crippen LogP contribution in [0.3, 0.4) is 0 Å². The molecule has 5 N–H and O–H groups in total. The molecule has 0 radical (unpaired) electrons. The van der Waals surface area contributed by atoms with Gasteiger partial charge in [0, 0.05) is 31.7 Å². The number of nitrogens with one attached hydrogen (secondary N) is 1. The van der Waals surface area contributed by atoms with Gasteiger partial charge in [-0.1, -0.05) is 19.8 Å². The monoisotopic (exact) mass is 314 g/mol. The highest BCUT2D eigenvalue weighted by atomic mass is 16.5. The molecule has 1 aliphatic rings. The molecular weight excluding hydrogens is 280 g/mol. The summed E-state index contributed by atoms with van der Waals surface area (Å²) in [6.07, 6.45) is 4.61. The highest BCUT2D eigenvalue weighted by molar-refractivity contribution is 5.75. The summed E-state index contributed by atoms with van der Waals surface area (Å²) in [5, 5.41) is 3.34. The molecule has 0 bridgehead atoms. The van der Waals surface area contributed by atoms with Crippen LogP contribution in [0.1, 0.15) is 46.0 Å². The van der Waals surface area contributed by atoms with E-state index in [1.807, 2.05) is 6.92 Å². The van der Waals surface area contributed by atoms with Crippen LogP contribution in [0.25, 0.3) is 0 Å². The number of ether oxygens (including phenoxy) is 1. The molecule has 0 aromatic rings. The maximum Gasteiger partial charge on any atom is 0.323 e. The number of carbonyl (C=O) groups excluding carboxylic acids is 1. The van der Waals surface area contributed by atoms with Gasteiger partial charge in [-0.3, -0.25) is 9.69 Å². The van der Waals surface area contributed by atoms with Gasteiger partial charge in [0.15, 0.2) is 0 Å². The molecule has 1 aliphatic heterocycles. The van der Waals surface area contributed by atoms with Gasteiger partial charge in [-0.25, -0.2) is 0 Å². The largest absolute Gasteiger partial charge is 0.465 e. The number of esters is 1. The quantitative estimate of drug-likeness (QED) is 0.423. The summed E-state index contributed by atoms with van der Waals surface area (Å²) in [5.41, 5.74) is 11.6. The fourth-order valence-corrected chi connectivity index (χ4v) is 2.81. The Hall–Kier alpha value is -0.690. The first-order chi connectivity index (χ1) is 10.5. The van der Waals surface area contributed by atoms with Gasteiger partial charge in [0.2, 0.25) is 0 Å². The Balaban J connectivity index is 2.67. The van der Waals surface area contributed by atoms with Crippen LogP contribution in [-0.4, -0.2) is 61.8 Å². The van der Waals surface area contributed by atoms with Crippen LogP contribution >= 0.6 is 0 Å². The van der Waals surface area contributed by atoms with Crippen molar-refractivity contribution < 1.29 is 9.53 Å². The van der Waals surface area contributed by atoms with Crippen molar-refractivity contribution in [2.24, 2.45) is 11.5 Å². The fourth-order valence-electron chi connectivity index (χ4n) is 2.81. The van der Waals surface area contributed by atoms with E-state index >= 15 is 0 Å². The molecule has 2 atom stereocenters. The minimum Gasteiger partial charge on any atom is -0.465 e. The van der Waals surface area contributed by atoms with Crippen molar-refractivity contribution in [3.63, 3.8) is 0 Å². The van der Waals surface area contributed by atoms with Crippen molar-refractivity contribution in [1.29, 1.82) is 0 Å². The maximum atomic E-state index is 12.5. The van der Waals surface area contributed by atoms with E-state index in [1.165, 1.54) is 0 Å². The SMILES string of the molecule is CCCCOC(=O)C(CCCCN)N1CCNCC(C)(N)C1. The molecule has 1 heterocycles. The van der Waals surface area contributed by atoms with Gasteiger partial charge in [0.05, 0.1) is 6.61 Å². The van der Waals surface area contributed by atoms with E-state index in [0.29, 0.717) is 19.7 Å². The Morgan fingerprint density at radius 1 is 1.41 bits per heavy atom. The molecule has 0 amide bonds.